The number of nitrogens with two attached hydrogens (primary N) is 1. The molecule has 0 radical (unpaired) electrons. The van der Waals surface area contributed by atoms with Crippen molar-refractivity contribution in [1.82, 2.24) is 4.98 Å². The molecule has 1 aromatic heterocycles. The van der Waals surface area contributed by atoms with Crippen LogP contribution in [-0.2, 0) is 0 Å². The molecule has 2 nitrogen and oxygen atoms in total. The maximum Gasteiger partial charge on any atom is 0.142 e. The van der Waals surface area contributed by atoms with E-state index in [4.69, 9.17) is 5.73 Å². The van der Waals surface area contributed by atoms with Crippen molar-refractivity contribution >= 4 is 15.9 Å². The molecule has 1 aromatic carbocycles. The number of aromatic nitrogens is 1. The third-order valence-electron chi connectivity index (χ3n) is 2.57. The summed E-state index contributed by atoms with van der Waals surface area (Å²) in [5.41, 5.74) is 8.20. The Morgan fingerprint density at radius 2 is 2.12 bits per heavy atom. The molecule has 0 saturated heterocycles. The molecule has 0 fully saturated rings. The van der Waals surface area contributed by atoms with Crippen molar-refractivity contribution in [3.63, 3.8) is 0 Å². The highest BCUT2D eigenvalue weighted by Crippen LogP contribution is 2.25. The highest BCUT2D eigenvalue weighted by molar-refractivity contribution is 9.10. The van der Waals surface area contributed by atoms with Gasteiger partial charge in [0, 0.05) is 11.8 Å². The second kappa shape index (κ2) is 4.94. The van der Waals surface area contributed by atoms with Crippen LogP contribution in [0.4, 0.5) is 4.39 Å². The van der Waals surface area contributed by atoms with Gasteiger partial charge in [-0.3, -0.25) is 4.98 Å². The first-order valence-corrected chi connectivity index (χ1v) is 6.01. The number of aryl methyl sites for hydroxylation is 1. The second-order valence-corrected chi connectivity index (χ2v) is 4.73. The number of nitrogens with zero attached hydrogens (tertiary/aromatic N) is 1. The maximum absolute atomic E-state index is 13.9. The Morgan fingerprint density at radius 3 is 2.82 bits per heavy atom. The summed E-state index contributed by atoms with van der Waals surface area (Å²) in [5, 5.41) is 0. The van der Waals surface area contributed by atoms with Crippen molar-refractivity contribution in [3.05, 3.63) is 63.6 Å². The zero-order chi connectivity index (χ0) is 12.4. The lowest BCUT2D eigenvalue weighted by molar-refractivity contribution is 0.591. The lowest BCUT2D eigenvalue weighted by atomic mass is 10.0. The molecule has 1 unspecified atom stereocenters. The van der Waals surface area contributed by atoms with Crippen LogP contribution in [0.3, 0.4) is 0 Å². The zero-order valence-corrected chi connectivity index (χ0v) is 10.9. The van der Waals surface area contributed by atoms with Crippen molar-refractivity contribution in [2.45, 2.75) is 13.0 Å². The standard InChI is InChI=1S/C13H12BrFN2/c1-8-5-6-17-11(7-8)13(16)9-3-2-4-10(14)12(9)15/h2-7,13H,16H2,1H3. The van der Waals surface area contributed by atoms with Gasteiger partial charge in [0.05, 0.1) is 16.2 Å². The third-order valence-corrected chi connectivity index (χ3v) is 3.18. The Balaban J connectivity index is 2.44. The predicted octanol–water partition coefficient (Wildman–Crippen LogP) is 3.34. The van der Waals surface area contributed by atoms with Crippen LogP contribution in [0.2, 0.25) is 0 Å². The molecule has 1 atom stereocenters. The summed E-state index contributed by atoms with van der Waals surface area (Å²) < 4.78 is 14.3. The molecular weight excluding hydrogens is 283 g/mol. The summed E-state index contributed by atoms with van der Waals surface area (Å²) in [6.07, 6.45) is 1.68. The molecule has 17 heavy (non-hydrogen) atoms. The summed E-state index contributed by atoms with van der Waals surface area (Å²) in [7, 11) is 0. The van der Waals surface area contributed by atoms with Crippen molar-refractivity contribution in [2.75, 3.05) is 0 Å². The minimum absolute atomic E-state index is 0.330. The van der Waals surface area contributed by atoms with E-state index < -0.39 is 6.04 Å². The Kier molecular flexibility index (Phi) is 3.54. The van der Waals surface area contributed by atoms with E-state index in [0.717, 1.165) is 5.56 Å². The molecule has 0 aliphatic rings. The SMILES string of the molecule is Cc1ccnc(C(N)c2cccc(Br)c2F)c1. The van der Waals surface area contributed by atoms with Gasteiger partial charge in [-0.15, -0.1) is 0 Å². The van der Waals surface area contributed by atoms with Crippen LogP contribution in [0.25, 0.3) is 0 Å². The lowest BCUT2D eigenvalue weighted by Gasteiger charge is -2.13. The molecule has 0 amide bonds. The smallest absolute Gasteiger partial charge is 0.142 e. The topological polar surface area (TPSA) is 38.9 Å². The number of benzene rings is 1. The molecule has 0 spiro atoms. The Bertz CT molecular complexity index is 543. The van der Waals surface area contributed by atoms with E-state index in [-0.39, 0.29) is 5.82 Å². The van der Waals surface area contributed by atoms with Gasteiger partial charge in [-0.25, -0.2) is 4.39 Å². The Labute approximate surface area is 108 Å². The largest absolute Gasteiger partial charge is 0.319 e. The molecule has 0 bridgehead atoms. The van der Waals surface area contributed by atoms with Gasteiger partial charge in [0.1, 0.15) is 5.82 Å². The van der Waals surface area contributed by atoms with Gasteiger partial charge in [0.2, 0.25) is 0 Å². The van der Waals surface area contributed by atoms with Crippen LogP contribution in [0, 0.1) is 12.7 Å². The summed E-state index contributed by atoms with van der Waals surface area (Å²) >= 11 is 3.15. The zero-order valence-electron chi connectivity index (χ0n) is 9.32. The van der Waals surface area contributed by atoms with Crippen molar-refractivity contribution in [1.29, 1.82) is 0 Å². The molecule has 88 valence electrons. The fourth-order valence-corrected chi connectivity index (χ4v) is 2.03. The van der Waals surface area contributed by atoms with E-state index >= 15 is 0 Å². The van der Waals surface area contributed by atoms with E-state index in [9.17, 15) is 4.39 Å². The van der Waals surface area contributed by atoms with Gasteiger partial charge >= 0.3 is 0 Å². The molecular formula is C13H12BrFN2. The first-order chi connectivity index (χ1) is 8.09. The molecule has 2 rings (SSSR count). The minimum atomic E-state index is -0.549. The Morgan fingerprint density at radius 1 is 1.35 bits per heavy atom. The average Bonchev–Trinajstić information content (AvgIpc) is 2.32. The van der Waals surface area contributed by atoms with Crippen LogP contribution in [-0.4, -0.2) is 4.98 Å². The summed E-state index contributed by atoms with van der Waals surface area (Å²) in [5.74, 6) is -0.330. The predicted molar refractivity (Wildman–Crippen MR) is 69.1 cm³/mol. The van der Waals surface area contributed by atoms with Crippen LogP contribution >= 0.6 is 15.9 Å². The average molecular weight is 295 g/mol. The number of halogens is 2. The fraction of sp³-hybridized carbons (Fsp3) is 0.154. The molecule has 0 aliphatic heterocycles. The number of hydrogen-bond donors (Lipinski definition) is 1. The van der Waals surface area contributed by atoms with Gasteiger partial charge < -0.3 is 5.73 Å². The van der Waals surface area contributed by atoms with E-state index in [2.05, 4.69) is 20.9 Å². The van der Waals surface area contributed by atoms with Crippen molar-refractivity contribution in [2.24, 2.45) is 5.73 Å². The number of rotatable bonds is 2. The Hall–Kier alpha value is -1.26. The molecule has 2 N–H and O–H groups in total. The van der Waals surface area contributed by atoms with Gasteiger partial charge in [0.25, 0.3) is 0 Å². The van der Waals surface area contributed by atoms with Crippen molar-refractivity contribution in [3.8, 4) is 0 Å². The highest BCUT2D eigenvalue weighted by Gasteiger charge is 2.16. The maximum atomic E-state index is 13.9. The highest BCUT2D eigenvalue weighted by atomic mass is 79.9. The van der Waals surface area contributed by atoms with Gasteiger partial charge in [-0.2, -0.15) is 0 Å². The van der Waals surface area contributed by atoms with Gasteiger partial charge in [-0.1, -0.05) is 12.1 Å². The third kappa shape index (κ3) is 2.53. The van der Waals surface area contributed by atoms with Gasteiger partial charge in [0.15, 0.2) is 0 Å². The summed E-state index contributed by atoms with van der Waals surface area (Å²) in [6, 6.07) is 8.29. The van der Waals surface area contributed by atoms with Crippen molar-refractivity contribution < 1.29 is 4.39 Å². The second-order valence-electron chi connectivity index (χ2n) is 3.88. The number of hydrogen-bond acceptors (Lipinski definition) is 2. The summed E-state index contributed by atoms with van der Waals surface area (Å²) in [4.78, 5) is 4.18. The minimum Gasteiger partial charge on any atom is -0.319 e. The van der Waals surface area contributed by atoms with Crippen LogP contribution < -0.4 is 5.73 Å². The quantitative estimate of drug-likeness (QED) is 0.923. The molecule has 4 heteroatoms. The van der Waals surface area contributed by atoms with E-state index in [0.29, 0.717) is 15.7 Å². The van der Waals surface area contributed by atoms with E-state index in [1.54, 1.807) is 24.4 Å². The van der Waals surface area contributed by atoms with Gasteiger partial charge in [-0.05, 0) is 46.6 Å². The molecule has 0 saturated carbocycles. The number of pyridine rings is 1. The summed E-state index contributed by atoms with van der Waals surface area (Å²) in [6.45, 7) is 1.95. The van der Waals surface area contributed by atoms with Crippen LogP contribution in [0.15, 0.2) is 41.0 Å². The van der Waals surface area contributed by atoms with E-state index in [1.165, 1.54) is 0 Å². The lowest BCUT2D eigenvalue weighted by Crippen LogP contribution is -2.15. The fourth-order valence-electron chi connectivity index (χ4n) is 1.65. The molecule has 1 heterocycles. The van der Waals surface area contributed by atoms with E-state index in [1.807, 2.05) is 19.1 Å². The first-order valence-electron chi connectivity index (χ1n) is 5.21. The normalized spacial score (nSPS) is 12.5. The van der Waals surface area contributed by atoms with Crippen LogP contribution in [0.5, 0.6) is 0 Å². The molecule has 2 aromatic rings. The molecule has 0 aliphatic carbocycles. The van der Waals surface area contributed by atoms with Crippen LogP contribution in [0.1, 0.15) is 22.9 Å². The first kappa shape index (κ1) is 12.2. The monoisotopic (exact) mass is 294 g/mol.